The van der Waals surface area contributed by atoms with E-state index in [2.05, 4.69) is 30.6 Å². The van der Waals surface area contributed by atoms with Gasteiger partial charge in [-0.25, -0.2) is 0 Å². The Morgan fingerprint density at radius 3 is 2.62 bits per heavy atom. The lowest BCUT2D eigenvalue weighted by molar-refractivity contribution is 0.615. The van der Waals surface area contributed by atoms with Crippen LogP contribution in [0.3, 0.4) is 0 Å². The summed E-state index contributed by atoms with van der Waals surface area (Å²) in [5.41, 5.74) is 0. The van der Waals surface area contributed by atoms with Crippen molar-refractivity contribution in [2.45, 2.75) is 50.7 Å². The Bertz CT molecular complexity index is 170. The van der Waals surface area contributed by atoms with E-state index in [0.717, 1.165) is 5.25 Å². The molecule has 0 aliphatic carbocycles. The van der Waals surface area contributed by atoms with E-state index in [0.29, 0.717) is 0 Å². The zero-order valence-corrected chi connectivity index (χ0v) is 9.35. The Morgan fingerprint density at radius 1 is 1.08 bits per heavy atom. The van der Waals surface area contributed by atoms with Crippen molar-refractivity contribution in [3.05, 3.63) is 23.6 Å². The Balaban J connectivity index is 1.93. The zero-order chi connectivity index (χ0) is 9.36. The highest BCUT2D eigenvalue weighted by molar-refractivity contribution is 8.02. The average molecular weight is 196 g/mol. The molecular weight excluding hydrogens is 176 g/mol. The summed E-state index contributed by atoms with van der Waals surface area (Å²) in [5, 5.41) is 2.96. The highest BCUT2D eigenvalue weighted by Crippen LogP contribution is 2.23. The highest BCUT2D eigenvalue weighted by Gasteiger charge is 2.04. The number of allylic oxidation sites excluding steroid dienone is 2. The van der Waals surface area contributed by atoms with E-state index in [9.17, 15) is 0 Å². The topological polar surface area (TPSA) is 0 Å². The summed E-state index contributed by atoms with van der Waals surface area (Å²) < 4.78 is 0. The van der Waals surface area contributed by atoms with E-state index in [1.165, 1.54) is 38.5 Å². The summed E-state index contributed by atoms with van der Waals surface area (Å²) in [5.74, 6) is 0. The van der Waals surface area contributed by atoms with Crippen LogP contribution in [0, 0.1) is 0 Å². The van der Waals surface area contributed by atoms with Crippen LogP contribution in [-0.2, 0) is 0 Å². The first-order chi connectivity index (χ1) is 6.43. The Hall–Kier alpha value is -0.170. The zero-order valence-electron chi connectivity index (χ0n) is 8.54. The molecule has 74 valence electrons. The average Bonchev–Trinajstić information content (AvgIpc) is 2.19. The molecule has 0 nitrogen and oxygen atoms in total. The van der Waals surface area contributed by atoms with Crippen LogP contribution in [0.25, 0.3) is 0 Å². The minimum absolute atomic E-state index is 0.756. The lowest BCUT2D eigenvalue weighted by Gasteiger charge is -2.11. The lowest BCUT2D eigenvalue weighted by Crippen LogP contribution is -1.98. The van der Waals surface area contributed by atoms with Crippen molar-refractivity contribution in [3.63, 3.8) is 0 Å². The first-order valence-corrected chi connectivity index (χ1v) is 6.36. The predicted molar refractivity (Wildman–Crippen MR) is 63.0 cm³/mol. The third-order valence-electron chi connectivity index (χ3n) is 2.36. The molecule has 0 N–H and O–H groups in total. The van der Waals surface area contributed by atoms with Gasteiger partial charge >= 0.3 is 0 Å². The van der Waals surface area contributed by atoms with Crippen molar-refractivity contribution in [1.29, 1.82) is 0 Å². The van der Waals surface area contributed by atoms with Gasteiger partial charge in [-0.2, -0.15) is 0 Å². The van der Waals surface area contributed by atoms with Crippen molar-refractivity contribution in [3.8, 4) is 0 Å². The SMILES string of the molecule is CCCCCCCC1C=CC=CS1. The van der Waals surface area contributed by atoms with Crippen LogP contribution in [0.15, 0.2) is 23.6 Å². The lowest BCUT2D eigenvalue weighted by atomic mass is 10.1. The fourth-order valence-corrected chi connectivity index (χ4v) is 2.41. The summed E-state index contributed by atoms with van der Waals surface area (Å²) >= 11 is 1.96. The van der Waals surface area contributed by atoms with Crippen LogP contribution in [0.5, 0.6) is 0 Å². The molecule has 0 spiro atoms. The number of unbranched alkanes of at least 4 members (excludes halogenated alkanes) is 4. The molecule has 0 amide bonds. The molecular formula is C12H20S. The monoisotopic (exact) mass is 196 g/mol. The van der Waals surface area contributed by atoms with Crippen LogP contribution in [0.2, 0.25) is 0 Å². The normalized spacial score (nSPS) is 20.8. The summed E-state index contributed by atoms with van der Waals surface area (Å²) in [7, 11) is 0. The first kappa shape index (κ1) is 10.9. The maximum absolute atomic E-state index is 2.32. The van der Waals surface area contributed by atoms with Gasteiger partial charge in [-0.15, -0.1) is 11.8 Å². The van der Waals surface area contributed by atoms with Gasteiger partial charge in [-0.3, -0.25) is 0 Å². The smallest absolute Gasteiger partial charge is 0.0271 e. The third kappa shape index (κ3) is 5.20. The van der Waals surface area contributed by atoms with Gasteiger partial charge in [0.2, 0.25) is 0 Å². The van der Waals surface area contributed by atoms with Gasteiger partial charge in [0.1, 0.15) is 0 Å². The van der Waals surface area contributed by atoms with E-state index in [1.54, 1.807) is 0 Å². The number of rotatable bonds is 6. The fraction of sp³-hybridized carbons (Fsp3) is 0.667. The second-order valence-corrected chi connectivity index (χ2v) is 4.74. The molecule has 1 heteroatoms. The van der Waals surface area contributed by atoms with Gasteiger partial charge in [-0.05, 0) is 11.8 Å². The summed E-state index contributed by atoms with van der Waals surface area (Å²) in [6, 6.07) is 0. The van der Waals surface area contributed by atoms with Crippen LogP contribution < -0.4 is 0 Å². The molecule has 0 aromatic heterocycles. The van der Waals surface area contributed by atoms with Crippen molar-refractivity contribution < 1.29 is 0 Å². The highest BCUT2D eigenvalue weighted by atomic mass is 32.2. The van der Waals surface area contributed by atoms with Gasteiger partial charge < -0.3 is 0 Å². The molecule has 0 saturated carbocycles. The van der Waals surface area contributed by atoms with Gasteiger partial charge in [-0.1, -0.05) is 57.3 Å². The molecule has 1 heterocycles. The quantitative estimate of drug-likeness (QED) is 0.562. The molecule has 13 heavy (non-hydrogen) atoms. The van der Waals surface area contributed by atoms with Crippen molar-refractivity contribution in [2.75, 3.05) is 0 Å². The van der Waals surface area contributed by atoms with Crippen LogP contribution >= 0.6 is 11.8 Å². The molecule has 0 radical (unpaired) electrons. The number of thioether (sulfide) groups is 1. The maximum Gasteiger partial charge on any atom is 0.0271 e. The molecule has 0 fully saturated rings. The van der Waals surface area contributed by atoms with E-state index in [1.807, 2.05) is 11.8 Å². The standard InChI is InChI=1S/C12H20S/c1-2-3-4-5-6-9-12-10-7-8-11-13-12/h7-8,10-12H,2-6,9H2,1H3. The van der Waals surface area contributed by atoms with Crippen molar-refractivity contribution >= 4 is 11.8 Å². The van der Waals surface area contributed by atoms with E-state index < -0.39 is 0 Å². The second kappa shape index (κ2) is 7.25. The molecule has 0 saturated heterocycles. The summed E-state index contributed by atoms with van der Waals surface area (Å²) in [4.78, 5) is 0. The predicted octanol–water partition coefficient (Wildman–Crippen LogP) is 4.53. The molecule has 1 aliphatic heterocycles. The molecule has 0 bridgehead atoms. The second-order valence-electron chi connectivity index (χ2n) is 3.59. The molecule has 1 unspecified atom stereocenters. The minimum Gasteiger partial charge on any atom is -0.127 e. The van der Waals surface area contributed by atoms with Crippen molar-refractivity contribution in [2.24, 2.45) is 0 Å². The molecule has 0 aromatic rings. The largest absolute Gasteiger partial charge is 0.127 e. The van der Waals surface area contributed by atoms with Crippen LogP contribution in [0.1, 0.15) is 45.4 Å². The van der Waals surface area contributed by atoms with E-state index >= 15 is 0 Å². The minimum atomic E-state index is 0.756. The van der Waals surface area contributed by atoms with Gasteiger partial charge in [0, 0.05) is 5.25 Å². The van der Waals surface area contributed by atoms with Gasteiger partial charge in [0.15, 0.2) is 0 Å². The summed E-state index contributed by atoms with van der Waals surface area (Å²) in [6.07, 6.45) is 15.0. The molecule has 1 rings (SSSR count). The van der Waals surface area contributed by atoms with Crippen LogP contribution in [0.4, 0.5) is 0 Å². The van der Waals surface area contributed by atoms with Gasteiger partial charge in [0.25, 0.3) is 0 Å². The number of hydrogen-bond acceptors (Lipinski definition) is 1. The summed E-state index contributed by atoms with van der Waals surface area (Å²) in [6.45, 7) is 2.27. The van der Waals surface area contributed by atoms with E-state index in [-0.39, 0.29) is 0 Å². The molecule has 1 aliphatic rings. The molecule has 0 aromatic carbocycles. The van der Waals surface area contributed by atoms with Crippen LogP contribution in [-0.4, -0.2) is 5.25 Å². The third-order valence-corrected chi connectivity index (χ3v) is 3.42. The number of hydrogen-bond donors (Lipinski definition) is 0. The Kier molecular flexibility index (Phi) is 6.09. The van der Waals surface area contributed by atoms with Crippen molar-refractivity contribution in [1.82, 2.24) is 0 Å². The molecule has 1 atom stereocenters. The maximum atomic E-state index is 2.32. The Morgan fingerprint density at radius 2 is 1.92 bits per heavy atom. The fourth-order valence-electron chi connectivity index (χ4n) is 1.54. The first-order valence-electron chi connectivity index (χ1n) is 5.42. The van der Waals surface area contributed by atoms with Gasteiger partial charge in [0.05, 0.1) is 0 Å². The Labute approximate surface area is 86.5 Å². The van der Waals surface area contributed by atoms with E-state index in [4.69, 9.17) is 0 Å².